The molecule has 3 heteroatoms. The van der Waals surface area contributed by atoms with Crippen molar-refractivity contribution in [3.8, 4) is 0 Å². The summed E-state index contributed by atoms with van der Waals surface area (Å²) >= 11 is 2.24. The van der Waals surface area contributed by atoms with E-state index < -0.39 is 16.0 Å². The molecule has 1 nitrogen and oxygen atoms in total. The third-order valence-corrected chi connectivity index (χ3v) is 1.34. The Morgan fingerprint density at radius 3 is 2.25 bits per heavy atom. The molecule has 0 spiro atoms. The first kappa shape index (κ1) is 4.75. The normalized spacial score (nSPS) is 4.25. The molecule has 0 aromatic carbocycles. The second-order valence-corrected chi connectivity index (χ2v) is 3.96. The van der Waals surface area contributed by atoms with Gasteiger partial charge in [-0.15, -0.1) is 0 Å². The maximum absolute atomic E-state index is 9.08. The van der Waals surface area contributed by atoms with Crippen LogP contribution < -0.4 is 0 Å². The van der Waals surface area contributed by atoms with Gasteiger partial charge in [-0.05, 0) is 0 Å². The summed E-state index contributed by atoms with van der Waals surface area (Å²) in [6.07, 6.45) is 0. The zero-order chi connectivity index (χ0) is 3.41. The first-order valence-electron chi connectivity index (χ1n) is 0.563. The molecule has 0 aromatic rings. The SMILES string of the molecule is O=[C]=[W][Br]. The van der Waals surface area contributed by atoms with Crippen LogP contribution in [0.4, 0.5) is 0 Å². The summed E-state index contributed by atoms with van der Waals surface area (Å²) in [4.78, 5) is 9.08. The van der Waals surface area contributed by atoms with E-state index in [0.29, 0.717) is 0 Å². The zero-order valence-electron chi connectivity index (χ0n) is 1.69. The third-order valence-electron chi connectivity index (χ3n) is 0.0315. The molecule has 0 heterocycles. The molecule has 23 valence electrons. The molecule has 0 amide bonds. The molecule has 0 aliphatic carbocycles. The molecular formula is CBrOW. The van der Waals surface area contributed by atoms with Crippen LogP contribution >= 0.6 is 13.3 Å². The minimum atomic E-state index is -0.748. The van der Waals surface area contributed by atoms with Crippen LogP contribution in [0.1, 0.15) is 0 Å². The van der Waals surface area contributed by atoms with Crippen molar-refractivity contribution in [3.63, 3.8) is 0 Å². The van der Waals surface area contributed by atoms with Gasteiger partial charge in [0, 0.05) is 0 Å². The average Bonchev–Trinajstić information content (AvgIpc) is 1.37. The number of hydrogen-bond donors (Lipinski definition) is 0. The van der Waals surface area contributed by atoms with Gasteiger partial charge in [0.1, 0.15) is 0 Å². The van der Waals surface area contributed by atoms with E-state index in [0.717, 1.165) is 0 Å². The second kappa shape index (κ2) is 3.75. The fraction of sp³-hybridized carbons (Fsp3) is 0. The van der Waals surface area contributed by atoms with Crippen molar-refractivity contribution in [2.24, 2.45) is 0 Å². The fourth-order valence-electron chi connectivity index (χ4n) is 0. The molecule has 0 saturated heterocycles. The molecule has 0 N–H and O–H groups in total. The second-order valence-electron chi connectivity index (χ2n) is 0.160. The van der Waals surface area contributed by atoms with E-state index in [9.17, 15) is 0 Å². The van der Waals surface area contributed by atoms with Crippen molar-refractivity contribution in [1.82, 2.24) is 0 Å². The van der Waals surface area contributed by atoms with Crippen LogP contribution in [0.25, 0.3) is 0 Å². The van der Waals surface area contributed by atoms with Crippen molar-refractivity contribution in [1.29, 1.82) is 0 Å². The van der Waals surface area contributed by atoms with E-state index in [1.165, 1.54) is 0 Å². The summed E-state index contributed by atoms with van der Waals surface area (Å²) in [7, 11) is 0. The van der Waals surface area contributed by atoms with Gasteiger partial charge in [-0.1, -0.05) is 0 Å². The fourth-order valence-corrected chi connectivity index (χ4v) is 0. The van der Waals surface area contributed by atoms with Gasteiger partial charge >= 0.3 is 38.4 Å². The molecule has 0 aromatic heterocycles. The van der Waals surface area contributed by atoms with Crippen LogP contribution in [-0.2, 0) is 20.8 Å². The van der Waals surface area contributed by atoms with Gasteiger partial charge in [-0.25, -0.2) is 0 Å². The van der Waals surface area contributed by atoms with Crippen molar-refractivity contribution in [2.45, 2.75) is 0 Å². The third kappa shape index (κ3) is 2.75. The van der Waals surface area contributed by atoms with Gasteiger partial charge in [0.2, 0.25) is 0 Å². The number of carbonyl (C=O) groups excluding carboxylic acids is 1. The van der Waals surface area contributed by atoms with Gasteiger partial charge < -0.3 is 0 Å². The van der Waals surface area contributed by atoms with Crippen molar-refractivity contribution < 1.29 is 20.8 Å². The predicted molar refractivity (Wildman–Crippen MR) is 14.6 cm³/mol. The summed E-state index contributed by atoms with van der Waals surface area (Å²) in [5.41, 5.74) is 0. The van der Waals surface area contributed by atoms with Crippen LogP contribution in [0.3, 0.4) is 0 Å². The van der Waals surface area contributed by atoms with E-state index in [4.69, 9.17) is 4.79 Å². The van der Waals surface area contributed by atoms with Crippen molar-refractivity contribution >= 4 is 17.6 Å². The van der Waals surface area contributed by atoms with Gasteiger partial charge in [0.15, 0.2) is 0 Å². The molecule has 0 aliphatic heterocycles. The molecule has 0 fully saturated rings. The van der Waals surface area contributed by atoms with E-state index in [1.807, 2.05) is 0 Å². The van der Waals surface area contributed by atoms with Gasteiger partial charge in [0.25, 0.3) is 0 Å². The minimum absolute atomic E-state index is 0.748. The topological polar surface area (TPSA) is 17.1 Å². The van der Waals surface area contributed by atoms with Crippen LogP contribution in [0.5, 0.6) is 0 Å². The molecule has 0 atom stereocenters. The Kier molecular flexibility index (Phi) is 4.45. The Balaban J connectivity index is 3.11. The Bertz CT molecular complexity index is 46.0. The zero-order valence-corrected chi connectivity index (χ0v) is 6.21. The quantitative estimate of drug-likeness (QED) is 0.633. The van der Waals surface area contributed by atoms with Crippen LogP contribution in [0, 0.1) is 0 Å². The number of rotatable bonds is 0. The van der Waals surface area contributed by atoms with E-state index in [1.54, 1.807) is 4.27 Å². The van der Waals surface area contributed by atoms with Crippen LogP contribution in [0.2, 0.25) is 0 Å². The maximum atomic E-state index is 9.08. The number of halogens is 1. The Labute approximate surface area is 38.6 Å². The van der Waals surface area contributed by atoms with Crippen molar-refractivity contribution in [3.05, 3.63) is 0 Å². The molecule has 0 radical (unpaired) electrons. The molecule has 0 unspecified atom stereocenters. The Morgan fingerprint density at radius 1 is 2.00 bits per heavy atom. The van der Waals surface area contributed by atoms with Gasteiger partial charge in [-0.2, -0.15) is 0 Å². The monoisotopic (exact) mass is 291 g/mol. The van der Waals surface area contributed by atoms with Gasteiger partial charge in [0.05, 0.1) is 0 Å². The summed E-state index contributed by atoms with van der Waals surface area (Å²) < 4.78 is 1.76. The molecule has 0 aliphatic rings. The average molecular weight is 292 g/mol. The van der Waals surface area contributed by atoms with Crippen molar-refractivity contribution in [2.75, 3.05) is 0 Å². The van der Waals surface area contributed by atoms with E-state index in [-0.39, 0.29) is 0 Å². The predicted octanol–water partition coefficient (Wildman–Crippen LogP) is 0.446. The summed E-state index contributed by atoms with van der Waals surface area (Å²) in [6.45, 7) is 0. The Morgan fingerprint density at radius 2 is 2.25 bits per heavy atom. The van der Waals surface area contributed by atoms with E-state index in [2.05, 4.69) is 13.3 Å². The Hall–Kier alpha value is 0.748. The first-order chi connectivity index (χ1) is 1.91. The first-order valence-corrected chi connectivity index (χ1v) is 8.44. The summed E-state index contributed by atoms with van der Waals surface area (Å²) in [5.74, 6) is 0. The molecular weight excluding hydrogens is 292 g/mol. The summed E-state index contributed by atoms with van der Waals surface area (Å²) in [5, 5.41) is 0. The number of hydrogen-bond acceptors (Lipinski definition) is 1. The standard InChI is InChI=1S/CO.BrH.W/c1-2;;/h;1H;/q;;+1/p-1. The van der Waals surface area contributed by atoms with Crippen LogP contribution in [-0.4, -0.2) is 4.27 Å². The molecule has 0 saturated carbocycles. The van der Waals surface area contributed by atoms with E-state index >= 15 is 0 Å². The molecule has 0 bridgehead atoms. The molecule has 0 rings (SSSR count). The van der Waals surface area contributed by atoms with Crippen LogP contribution in [0.15, 0.2) is 0 Å². The summed E-state index contributed by atoms with van der Waals surface area (Å²) in [6, 6.07) is 0. The molecule has 4 heavy (non-hydrogen) atoms. The van der Waals surface area contributed by atoms with Gasteiger partial charge in [-0.3, -0.25) is 0 Å².